The molecular formula is C6H4O2S. The van der Waals surface area contributed by atoms with E-state index in [0.29, 0.717) is 0 Å². The summed E-state index contributed by atoms with van der Waals surface area (Å²) in [5.74, 6) is 0.806. The van der Waals surface area contributed by atoms with Gasteiger partial charge in [0.1, 0.15) is 0 Å². The van der Waals surface area contributed by atoms with Gasteiger partial charge < -0.3 is 9.47 Å². The first-order valence-electron chi connectivity index (χ1n) is 2.63. The molecule has 2 nitrogen and oxygen atoms in total. The third-order valence-electron chi connectivity index (χ3n) is 1.25. The van der Waals surface area contributed by atoms with E-state index in [4.69, 9.17) is 9.47 Å². The average Bonchev–Trinajstić information content (AvgIpc) is 2.22. The molecule has 2 aliphatic rings. The molecule has 0 aromatic rings. The molecule has 0 spiro atoms. The zero-order valence-corrected chi connectivity index (χ0v) is 5.35. The lowest BCUT2D eigenvalue weighted by molar-refractivity contribution is 0.302. The van der Waals surface area contributed by atoms with Crippen molar-refractivity contribution in [3.8, 4) is 0 Å². The van der Waals surface area contributed by atoms with Crippen molar-refractivity contribution in [1.29, 1.82) is 0 Å². The first-order valence-corrected chi connectivity index (χ1v) is 3.04. The standard InChI is InChI=1S/C6H4O2S/c9-6-7-4-2-1-3-5(4)8-6/h1-4H. The molecule has 3 heteroatoms. The van der Waals surface area contributed by atoms with Crippen molar-refractivity contribution in [3.05, 3.63) is 24.0 Å². The number of hydrogen-bond acceptors (Lipinski definition) is 3. The van der Waals surface area contributed by atoms with Gasteiger partial charge in [0.15, 0.2) is 11.9 Å². The molecule has 2 rings (SSSR count). The van der Waals surface area contributed by atoms with Crippen molar-refractivity contribution in [1.82, 2.24) is 0 Å². The summed E-state index contributed by atoms with van der Waals surface area (Å²) in [5, 5.41) is 0.232. The van der Waals surface area contributed by atoms with Crippen LogP contribution in [0.25, 0.3) is 0 Å². The van der Waals surface area contributed by atoms with E-state index in [2.05, 4.69) is 12.2 Å². The van der Waals surface area contributed by atoms with Crippen LogP contribution in [0.15, 0.2) is 24.0 Å². The summed E-state index contributed by atoms with van der Waals surface area (Å²) in [7, 11) is 0. The van der Waals surface area contributed by atoms with Crippen LogP contribution in [0.2, 0.25) is 0 Å². The van der Waals surface area contributed by atoms with E-state index in [1.54, 1.807) is 0 Å². The van der Waals surface area contributed by atoms with Crippen molar-refractivity contribution < 1.29 is 9.47 Å². The highest BCUT2D eigenvalue weighted by Gasteiger charge is 2.27. The third kappa shape index (κ3) is 0.650. The number of thiocarbonyl (C=S) groups is 1. The van der Waals surface area contributed by atoms with E-state index in [-0.39, 0.29) is 11.3 Å². The summed E-state index contributed by atoms with van der Waals surface area (Å²) >= 11 is 4.65. The second kappa shape index (κ2) is 1.57. The molecule has 46 valence electrons. The third-order valence-corrected chi connectivity index (χ3v) is 1.43. The van der Waals surface area contributed by atoms with Crippen LogP contribution in [0.5, 0.6) is 0 Å². The van der Waals surface area contributed by atoms with Gasteiger partial charge in [-0.3, -0.25) is 0 Å². The summed E-state index contributed by atoms with van der Waals surface area (Å²) < 4.78 is 10.0. The molecule has 9 heavy (non-hydrogen) atoms. The first kappa shape index (κ1) is 4.99. The number of allylic oxidation sites excluding steroid dienone is 2. The fourth-order valence-corrected chi connectivity index (χ4v) is 1.05. The molecule has 0 aromatic carbocycles. The Hall–Kier alpha value is -0.830. The van der Waals surface area contributed by atoms with Crippen LogP contribution >= 0.6 is 12.2 Å². The Morgan fingerprint density at radius 3 is 3.22 bits per heavy atom. The maximum absolute atomic E-state index is 5.04. The molecule has 1 unspecified atom stereocenters. The summed E-state index contributed by atoms with van der Waals surface area (Å²) in [5.41, 5.74) is 0. The van der Waals surface area contributed by atoms with Gasteiger partial charge in [-0.2, -0.15) is 0 Å². The molecule has 0 bridgehead atoms. The molecule has 1 fully saturated rings. The largest absolute Gasteiger partial charge is 0.441 e. The van der Waals surface area contributed by atoms with E-state index in [1.165, 1.54) is 0 Å². The fraction of sp³-hybridized carbons (Fsp3) is 0.167. The van der Waals surface area contributed by atoms with Crippen molar-refractivity contribution in [2.75, 3.05) is 0 Å². The zero-order chi connectivity index (χ0) is 6.27. The Balaban J connectivity index is 2.30. The van der Waals surface area contributed by atoms with Crippen LogP contribution in [0, 0.1) is 0 Å². The SMILES string of the molecule is S=C1OC2=CC=CC2O1. The van der Waals surface area contributed by atoms with Gasteiger partial charge in [0.05, 0.1) is 0 Å². The van der Waals surface area contributed by atoms with Crippen molar-refractivity contribution in [2.45, 2.75) is 6.10 Å². The maximum Gasteiger partial charge on any atom is 0.358 e. The van der Waals surface area contributed by atoms with Gasteiger partial charge in [-0.15, -0.1) is 0 Å². The van der Waals surface area contributed by atoms with Crippen LogP contribution in [0.3, 0.4) is 0 Å². The number of rotatable bonds is 0. The highest BCUT2D eigenvalue weighted by Crippen LogP contribution is 2.24. The molecule has 1 aliphatic carbocycles. The van der Waals surface area contributed by atoms with Crippen molar-refractivity contribution >= 4 is 17.5 Å². The van der Waals surface area contributed by atoms with Crippen molar-refractivity contribution in [3.63, 3.8) is 0 Å². The lowest BCUT2D eigenvalue weighted by Crippen LogP contribution is -1.99. The van der Waals surface area contributed by atoms with E-state index in [1.807, 2.05) is 18.2 Å². The highest BCUT2D eigenvalue weighted by atomic mass is 32.1. The summed E-state index contributed by atoms with van der Waals surface area (Å²) in [6, 6.07) is 0. The minimum atomic E-state index is -0.0301. The summed E-state index contributed by atoms with van der Waals surface area (Å²) in [4.78, 5) is 0. The second-order valence-electron chi connectivity index (χ2n) is 1.84. The molecular weight excluding hydrogens is 136 g/mol. The molecule has 1 aliphatic heterocycles. The number of ether oxygens (including phenoxy) is 2. The predicted molar refractivity (Wildman–Crippen MR) is 35.8 cm³/mol. The normalized spacial score (nSPS) is 29.1. The van der Waals surface area contributed by atoms with Crippen LogP contribution in [0.1, 0.15) is 0 Å². The lowest BCUT2D eigenvalue weighted by Gasteiger charge is -1.93. The summed E-state index contributed by atoms with van der Waals surface area (Å²) in [6.07, 6.45) is 5.61. The first-order chi connectivity index (χ1) is 4.36. The van der Waals surface area contributed by atoms with E-state index in [9.17, 15) is 0 Å². The quantitative estimate of drug-likeness (QED) is 0.470. The van der Waals surface area contributed by atoms with Crippen LogP contribution in [-0.4, -0.2) is 11.3 Å². The van der Waals surface area contributed by atoms with Crippen LogP contribution in [0.4, 0.5) is 0 Å². The molecule has 1 atom stereocenters. The van der Waals surface area contributed by atoms with Gasteiger partial charge in [-0.05, 0) is 12.2 Å². The minimum Gasteiger partial charge on any atom is -0.441 e. The Bertz CT molecular complexity index is 217. The minimum absolute atomic E-state index is 0.0301. The fourth-order valence-electron chi connectivity index (χ4n) is 0.854. The number of hydrogen-bond donors (Lipinski definition) is 0. The molecule has 1 heterocycles. The molecule has 0 N–H and O–H groups in total. The van der Waals surface area contributed by atoms with Gasteiger partial charge >= 0.3 is 5.24 Å². The van der Waals surface area contributed by atoms with E-state index < -0.39 is 0 Å². The van der Waals surface area contributed by atoms with Gasteiger partial charge in [-0.25, -0.2) is 0 Å². The molecule has 1 saturated heterocycles. The van der Waals surface area contributed by atoms with E-state index in [0.717, 1.165) is 5.76 Å². The summed E-state index contributed by atoms with van der Waals surface area (Å²) in [6.45, 7) is 0. The highest BCUT2D eigenvalue weighted by molar-refractivity contribution is 7.79. The smallest absolute Gasteiger partial charge is 0.358 e. The Kier molecular flexibility index (Phi) is 0.873. The van der Waals surface area contributed by atoms with Crippen molar-refractivity contribution in [2.24, 2.45) is 0 Å². The predicted octanol–water partition coefficient (Wildman–Crippen LogP) is 1.14. The topological polar surface area (TPSA) is 18.5 Å². The molecule has 0 radical (unpaired) electrons. The lowest BCUT2D eigenvalue weighted by atomic mass is 10.4. The zero-order valence-electron chi connectivity index (χ0n) is 4.53. The Labute approximate surface area is 57.8 Å². The monoisotopic (exact) mass is 140 g/mol. The maximum atomic E-state index is 5.04. The van der Waals surface area contributed by atoms with Gasteiger partial charge in [0.2, 0.25) is 0 Å². The van der Waals surface area contributed by atoms with Gasteiger partial charge in [-0.1, -0.05) is 6.08 Å². The van der Waals surface area contributed by atoms with Crippen LogP contribution in [-0.2, 0) is 9.47 Å². The van der Waals surface area contributed by atoms with Gasteiger partial charge in [0, 0.05) is 12.2 Å². The molecule has 0 aromatic heterocycles. The Morgan fingerprint density at radius 2 is 2.44 bits per heavy atom. The molecule has 0 saturated carbocycles. The average molecular weight is 140 g/mol. The Morgan fingerprint density at radius 1 is 1.56 bits per heavy atom. The van der Waals surface area contributed by atoms with E-state index >= 15 is 0 Å². The van der Waals surface area contributed by atoms with Gasteiger partial charge in [0.25, 0.3) is 0 Å². The second-order valence-corrected chi connectivity index (χ2v) is 2.18. The van der Waals surface area contributed by atoms with Crippen LogP contribution < -0.4 is 0 Å². The molecule has 0 amide bonds. The number of fused-ring (bicyclic) bond motifs is 1.